The molecule has 0 aromatic heterocycles. The molecule has 0 fully saturated rings. The zero-order chi connectivity index (χ0) is 31.2. The Morgan fingerprint density at radius 3 is 1.90 bits per heavy atom. The second-order valence-electron chi connectivity index (χ2n) is 13.7. The Balaban J connectivity index is 3.57. The van der Waals surface area contributed by atoms with Crippen LogP contribution in [0.3, 0.4) is 0 Å². The molecule has 0 bridgehead atoms. The Labute approximate surface area is 242 Å². The number of hydrogen-bond donors (Lipinski definition) is 2. The van der Waals surface area contributed by atoms with Crippen LogP contribution in [0.15, 0.2) is 42.0 Å². The molecule has 2 unspecified atom stereocenters. The highest BCUT2D eigenvalue weighted by molar-refractivity contribution is 5.93. The van der Waals surface area contributed by atoms with Crippen molar-refractivity contribution in [2.45, 2.75) is 105 Å². The first-order chi connectivity index (χ1) is 18.1. The molecule has 0 aliphatic rings. The van der Waals surface area contributed by atoms with Gasteiger partial charge in [0.25, 0.3) is 0 Å². The van der Waals surface area contributed by atoms with Crippen molar-refractivity contribution in [1.29, 1.82) is 0 Å². The molecule has 0 aliphatic heterocycles. The molecule has 1 aromatic rings. The van der Waals surface area contributed by atoms with Gasteiger partial charge in [0.2, 0.25) is 11.8 Å². The fourth-order valence-electron chi connectivity index (χ4n) is 4.77. The zero-order valence-corrected chi connectivity index (χ0v) is 27.0. The van der Waals surface area contributed by atoms with Gasteiger partial charge in [-0.3, -0.25) is 14.5 Å². The van der Waals surface area contributed by atoms with Crippen LogP contribution in [0.25, 0.3) is 0 Å². The van der Waals surface area contributed by atoms with Crippen molar-refractivity contribution < 1.29 is 24.2 Å². The van der Waals surface area contributed by atoms with Crippen molar-refractivity contribution in [2.24, 2.45) is 11.3 Å². The van der Waals surface area contributed by atoms with Crippen LogP contribution >= 0.6 is 0 Å². The average molecular weight is 560 g/mol. The molecular weight excluding hydrogens is 506 g/mol. The first kappa shape index (κ1) is 35.2. The highest BCUT2D eigenvalue weighted by Crippen LogP contribution is 2.32. The monoisotopic (exact) mass is 559 g/mol. The van der Waals surface area contributed by atoms with E-state index in [2.05, 4.69) is 5.32 Å². The van der Waals surface area contributed by atoms with Crippen molar-refractivity contribution >= 4 is 17.9 Å². The van der Waals surface area contributed by atoms with Crippen LogP contribution in [-0.2, 0) is 19.7 Å². The van der Waals surface area contributed by atoms with E-state index in [1.165, 1.54) is 4.90 Å². The summed E-state index contributed by atoms with van der Waals surface area (Å²) < 4.78 is 5.63. The van der Waals surface area contributed by atoms with Gasteiger partial charge in [-0.25, -0.2) is 4.79 Å². The zero-order valence-electron chi connectivity index (χ0n) is 27.0. The van der Waals surface area contributed by atoms with Crippen LogP contribution in [0, 0.1) is 11.3 Å². The number of likely N-dealkylation sites (N-methyl/N-ethyl adjacent to an activating group) is 2. The number of aliphatic hydroxyl groups is 1. The van der Waals surface area contributed by atoms with Crippen LogP contribution in [0.5, 0.6) is 0 Å². The highest BCUT2D eigenvalue weighted by Gasteiger charge is 2.45. The molecule has 2 N–H and O–H groups in total. The third kappa shape index (κ3) is 9.36. The third-order valence-corrected chi connectivity index (χ3v) is 7.10. The van der Waals surface area contributed by atoms with Crippen molar-refractivity contribution in [1.82, 2.24) is 15.1 Å². The number of hydrogen-bond acceptors (Lipinski definition) is 5. The first-order valence-corrected chi connectivity index (χ1v) is 14.0. The Hall–Kier alpha value is -2.87. The second kappa shape index (κ2) is 13.7. The van der Waals surface area contributed by atoms with Crippen LogP contribution in [0.1, 0.15) is 81.7 Å². The van der Waals surface area contributed by atoms with E-state index in [9.17, 15) is 19.5 Å². The summed E-state index contributed by atoms with van der Waals surface area (Å²) in [6, 6.07) is 7.39. The molecule has 0 heterocycles. The molecule has 40 heavy (non-hydrogen) atoms. The van der Waals surface area contributed by atoms with Gasteiger partial charge < -0.3 is 20.1 Å². The summed E-state index contributed by atoms with van der Waals surface area (Å²) in [5.41, 5.74) is -0.578. The number of aliphatic hydroxyl groups excluding tert-OH is 1. The van der Waals surface area contributed by atoms with E-state index in [-0.39, 0.29) is 24.5 Å². The molecule has 0 radical (unpaired) electrons. The van der Waals surface area contributed by atoms with Gasteiger partial charge in [0.05, 0.1) is 12.6 Å². The summed E-state index contributed by atoms with van der Waals surface area (Å²) in [5, 5.41) is 12.6. The van der Waals surface area contributed by atoms with Crippen LogP contribution in [0.2, 0.25) is 0 Å². The number of amides is 3. The minimum absolute atomic E-state index is 0.0786. The topological polar surface area (TPSA) is 99.2 Å². The SMILES string of the molecule is C/C(=C\C(C(C)C)N(C)C(=O)C(NC(=O)[C@@H](N(C)C(=O)OC(C)(C)C)C(C)(C)c1ccccc1)C(C)(C)C)CO. The van der Waals surface area contributed by atoms with Crippen LogP contribution in [-0.4, -0.2) is 77.2 Å². The standard InChI is InChI=1S/C32H53N3O5/c1-21(2)24(19-22(3)20-36)34(12)28(38)25(30(4,5)6)33-27(37)26(35(13)29(39)40-31(7,8)9)32(10,11)23-17-15-14-16-18-23/h14-19,21,24-26,36H,20H2,1-13H3,(H,33,37)/b22-19+/t24?,25?,26-/m1/s1. The number of ether oxygens (including phenoxy) is 1. The molecule has 1 aromatic carbocycles. The van der Waals surface area contributed by atoms with E-state index in [4.69, 9.17) is 4.74 Å². The summed E-state index contributed by atoms with van der Waals surface area (Å²) in [6.07, 6.45) is 1.26. The predicted molar refractivity (Wildman–Crippen MR) is 161 cm³/mol. The van der Waals surface area contributed by atoms with Gasteiger partial charge in [0, 0.05) is 19.5 Å². The molecule has 0 saturated heterocycles. The van der Waals surface area contributed by atoms with Crippen molar-refractivity contribution in [3.63, 3.8) is 0 Å². The van der Waals surface area contributed by atoms with Crippen LogP contribution < -0.4 is 5.32 Å². The lowest BCUT2D eigenvalue weighted by Crippen LogP contribution is -2.63. The van der Waals surface area contributed by atoms with Gasteiger partial charge in [-0.15, -0.1) is 0 Å². The minimum Gasteiger partial charge on any atom is -0.444 e. The number of nitrogens with one attached hydrogen (secondary N) is 1. The van der Waals surface area contributed by atoms with Crippen molar-refractivity contribution in [3.8, 4) is 0 Å². The van der Waals surface area contributed by atoms with E-state index in [0.29, 0.717) is 0 Å². The van der Waals surface area contributed by atoms with E-state index in [0.717, 1.165) is 11.1 Å². The summed E-state index contributed by atoms with van der Waals surface area (Å²) in [4.78, 5) is 44.4. The smallest absolute Gasteiger partial charge is 0.410 e. The van der Waals surface area contributed by atoms with E-state index in [1.54, 1.807) is 39.8 Å². The van der Waals surface area contributed by atoms with Gasteiger partial charge in [-0.2, -0.15) is 0 Å². The van der Waals surface area contributed by atoms with Crippen molar-refractivity contribution in [2.75, 3.05) is 20.7 Å². The Morgan fingerprint density at radius 1 is 0.950 bits per heavy atom. The van der Waals surface area contributed by atoms with Gasteiger partial charge in [0.1, 0.15) is 17.7 Å². The summed E-state index contributed by atoms with van der Waals surface area (Å²) in [5.74, 6) is -0.625. The Bertz CT molecular complexity index is 1030. The summed E-state index contributed by atoms with van der Waals surface area (Å²) in [7, 11) is 3.28. The highest BCUT2D eigenvalue weighted by atomic mass is 16.6. The number of rotatable bonds is 10. The third-order valence-electron chi connectivity index (χ3n) is 7.10. The van der Waals surface area contributed by atoms with Crippen molar-refractivity contribution in [3.05, 3.63) is 47.5 Å². The fourth-order valence-corrected chi connectivity index (χ4v) is 4.77. The van der Waals surface area contributed by atoms with Gasteiger partial charge >= 0.3 is 6.09 Å². The maximum atomic E-state index is 14.2. The fraction of sp³-hybridized carbons (Fsp3) is 0.656. The number of benzene rings is 1. The average Bonchev–Trinajstić information content (AvgIpc) is 2.83. The summed E-state index contributed by atoms with van der Waals surface area (Å²) >= 11 is 0. The van der Waals surface area contributed by atoms with E-state index >= 15 is 0 Å². The normalized spacial score (nSPS) is 15.2. The molecule has 1 rings (SSSR count). The molecule has 3 amide bonds. The number of carbonyl (C=O) groups excluding carboxylic acids is 3. The lowest BCUT2D eigenvalue weighted by molar-refractivity contribution is -0.141. The Morgan fingerprint density at radius 2 is 1.48 bits per heavy atom. The molecular formula is C32H53N3O5. The second-order valence-corrected chi connectivity index (χ2v) is 13.7. The van der Waals surface area contributed by atoms with Crippen LogP contribution in [0.4, 0.5) is 4.79 Å². The molecule has 0 saturated carbocycles. The minimum atomic E-state index is -0.981. The summed E-state index contributed by atoms with van der Waals surface area (Å²) in [6.45, 7) is 20.6. The maximum absolute atomic E-state index is 14.2. The largest absolute Gasteiger partial charge is 0.444 e. The number of carbonyl (C=O) groups is 3. The molecule has 8 heteroatoms. The van der Waals surface area contributed by atoms with Gasteiger partial charge in [-0.05, 0) is 44.6 Å². The van der Waals surface area contributed by atoms with E-state index < -0.39 is 40.5 Å². The Kier molecular flexibility index (Phi) is 12.0. The quantitative estimate of drug-likeness (QED) is 0.386. The first-order valence-electron chi connectivity index (χ1n) is 14.0. The molecule has 3 atom stereocenters. The molecule has 8 nitrogen and oxygen atoms in total. The lowest BCUT2D eigenvalue weighted by Gasteiger charge is -2.42. The number of nitrogens with zero attached hydrogens (tertiary/aromatic N) is 2. The van der Waals surface area contributed by atoms with Gasteiger partial charge in [0.15, 0.2) is 0 Å². The molecule has 226 valence electrons. The molecule has 0 aliphatic carbocycles. The maximum Gasteiger partial charge on any atom is 0.410 e. The van der Waals surface area contributed by atoms with Gasteiger partial charge in [-0.1, -0.05) is 90.4 Å². The molecule has 0 spiro atoms. The predicted octanol–water partition coefficient (Wildman–Crippen LogP) is 5.15. The lowest BCUT2D eigenvalue weighted by atomic mass is 9.76. The van der Waals surface area contributed by atoms with E-state index in [1.807, 2.05) is 91.8 Å².